The number of sulfonamides is 1. The summed E-state index contributed by atoms with van der Waals surface area (Å²) in [7, 11) is -3.82. The summed E-state index contributed by atoms with van der Waals surface area (Å²) in [6, 6.07) is 12.5. The number of carbonyl (C=O) groups is 2. The molecule has 3 N–H and O–H groups in total. The van der Waals surface area contributed by atoms with Gasteiger partial charge >= 0.3 is 5.97 Å². The van der Waals surface area contributed by atoms with Crippen molar-refractivity contribution in [2.45, 2.75) is 24.8 Å². The van der Waals surface area contributed by atoms with Gasteiger partial charge < -0.3 is 14.8 Å². The highest BCUT2D eigenvalue weighted by Crippen LogP contribution is 2.19. The van der Waals surface area contributed by atoms with Crippen LogP contribution < -0.4 is 15.2 Å². The van der Waals surface area contributed by atoms with Crippen molar-refractivity contribution in [3.63, 3.8) is 0 Å². The van der Waals surface area contributed by atoms with E-state index in [1.807, 2.05) is 19.1 Å². The first-order valence-electron chi connectivity index (χ1n) is 8.75. The Bertz CT molecular complexity index is 1000. The molecular weight excluding hydrogens is 396 g/mol. The Kier molecular flexibility index (Phi) is 7.52. The molecule has 0 radical (unpaired) electrons. The number of rotatable bonds is 8. The van der Waals surface area contributed by atoms with E-state index >= 15 is 0 Å². The predicted octanol–water partition coefficient (Wildman–Crippen LogP) is 2.32. The lowest BCUT2D eigenvalue weighted by Gasteiger charge is -2.12. The topological polar surface area (TPSA) is 125 Å². The zero-order valence-electron chi connectivity index (χ0n) is 16.0. The summed E-state index contributed by atoms with van der Waals surface area (Å²) in [5.74, 6) is -0.624. The third-order valence-electron chi connectivity index (χ3n) is 3.73. The van der Waals surface area contributed by atoms with Gasteiger partial charge in [0, 0.05) is 17.3 Å². The molecule has 2 rings (SSSR count). The molecule has 0 spiro atoms. The quantitative estimate of drug-likeness (QED) is 0.501. The SMILES string of the molecule is CCOc1ccccc1/C=C/C(=O)O[C@H](C)C(=O)Nc1ccc(S(N)(=O)=O)cc1. The molecule has 29 heavy (non-hydrogen) atoms. The minimum absolute atomic E-state index is 0.0764. The summed E-state index contributed by atoms with van der Waals surface area (Å²) in [6.07, 6.45) is 1.69. The van der Waals surface area contributed by atoms with Crippen LogP contribution in [0.2, 0.25) is 0 Å². The van der Waals surface area contributed by atoms with E-state index in [9.17, 15) is 18.0 Å². The molecule has 0 aliphatic heterocycles. The molecule has 2 aromatic rings. The van der Waals surface area contributed by atoms with Crippen LogP contribution in [0.4, 0.5) is 5.69 Å². The Labute approximate surface area is 169 Å². The number of carbonyl (C=O) groups excluding carboxylic acids is 2. The standard InChI is InChI=1S/C20H22N2O6S/c1-3-27-18-7-5-4-6-15(18)8-13-19(23)28-14(2)20(24)22-16-9-11-17(12-10-16)29(21,25)26/h4-14H,3H2,1-2H3,(H,22,24)(H2,21,25,26)/b13-8+/t14-/m1/s1. The Morgan fingerprint density at radius 1 is 1.14 bits per heavy atom. The van der Waals surface area contributed by atoms with Crippen molar-refractivity contribution in [2.24, 2.45) is 5.14 Å². The maximum atomic E-state index is 12.2. The Morgan fingerprint density at radius 2 is 1.79 bits per heavy atom. The van der Waals surface area contributed by atoms with Crippen LogP contribution in [-0.2, 0) is 24.3 Å². The van der Waals surface area contributed by atoms with Gasteiger partial charge in [-0.05, 0) is 50.3 Å². The number of primary sulfonamides is 1. The molecule has 154 valence electrons. The summed E-state index contributed by atoms with van der Waals surface area (Å²) in [4.78, 5) is 24.1. The number of amides is 1. The molecular formula is C20H22N2O6S. The number of benzene rings is 2. The van der Waals surface area contributed by atoms with Gasteiger partial charge in [-0.2, -0.15) is 0 Å². The molecule has 0 fully saturated rings. The van der Waals surface area contributed by atoms with Crippen LogP contribution in [0.15, 0.2) is 59.5 Å². The summed E-state index contributed by atoms with van der Waals surface area (Å²) in [5, 5.41) is 7.55. The fourth-order valence-corrected chi connectivity index (χ4v) is 2.82. The van der Waals surface area contributed by atoms with Crippen molar-refractivity contribution >= 4 is 33.7 Å². The van der Waals surface area contributed by atoms with E-state index in [1.165, 1.54) is 37.3 Å². The average Bonchev–Trinajstić information content (AvgIpc) is 2.67. The second-order valence-electron chi connectivity index (χ2n) is 5.94. The maximum absolute atomic E-state index is 12.2. The van der Waals surface area contributed by atoms with Crippen molar-refractivity contribution in [3.8, 4) is 5.75 Å². The van der Waals surface area contributed by atoms with Gasteiger partial charge in [-0.1, -0.05) is 18.2 Å². The van der Waals surface area contributed by atoms with Crippen LogP contribution in [0.3, 0.4) is 0 Å². The molecule has 0 heterocycles. The molecule has 2 aromatic carbocycles. The zero-order valence-corrected chi connectivity index (χ0v) is 16.8. The first-order chi connectivity index (χ1) is 13.7. The van der Waals surface area contributed by atoms with Gasteiger partial charge in [0.2, 0.25) is 10.0 Å². The Hall–Kier alpha value is -3.17. The molecule has 0 saturated carbocycles. The minimum Gasteiger partial charge on any atom is -0.493 e. The molecule has 0 aromatic heterocycles. The maximum Gasteiger partial charge on any atom is 0.331 e. The summed E-state index contributed by atoms with van der Waals surface area (Å²) < 4.78 is 33.0. The van der Waals surface area contributed by atoms with Crippen molar-refractivity contribution in [1.82, 2.24) is 0 Å². The fourth-order valence-electron chi connectivity index (χ4n) is 2.30. The second kappa shape index (κ2) is 9.85. The first-order valence-corrected chi connectivity index (χ1v) is 10.3. The van der Waals surface area contributed by atoms with Crippen LogP contribution in [0.5, 0.6) is 5.75 Å². The van der Waals surface area contributed by atoms with E-state index in [4.69, 9.17) is 14.6 Å². The van der Waals surface area contributed by atoms with Crippen molar-refractivity contribution in [2.75, 3.05) is 11.9 Å². The van der Waals surface area contributed by atoms with E-state index in [-0.39, 0.29) is 4.90 Å². The Balaban J connectivity index is 1.94. The van der Waals surface area contributed by atoms with E-state index in [1.54, 1.807) is 18.2 Å². The fraction of sp³-hybridized carbons (Fsp3) is 0.200. The van der Waals surface area contributed by atoms with Gasteiger partial charge in [0.15, 0.2) is 6.10 Å². The number of para-hydroxylation sites is 1. The van der Waals surface area contributed by atoms with Gasteiger partial charge in [0.25, 0.3) is 5.91 Å². The highest BCUT2D eigenvalue weighted by molar-refractivity contribution is 7.89. The number of nitrogens with one attached hydrogen (secondary N) is 1. The Morgan fingerprint density at radius 3 is 2.41 bits per heavy atom. The largest absolute Gasteiger partial charge is 0.493 e. The first kappa shape index (κ1) is 22.1. The highest BCUT2D eigenvalue weighted by Gasteiger charge is 2.17. The van der Waals surface area contributed by atoms with Gasteiger partial charge in [-0.3, -0.25) is 4.79 Å². The molecule has 9 heteroatoms. The molecule has 0 unspecified atom stereocenters. The van der Waals surface area contributed by atoms with Crippen molar-refractivity contribution in [1.29, 1.82) is 0 Å². The van der Waals surface area contributed by atoms with E-state index < -0.39 is 28.0 Å². The lowest BCUT2D eigenvalue weighted by atomic mass is 10.2. The van der Waals surface area contributed by atoms with Crippen LogP contribution in [0.25, 0.3) is 6.08 Å². The molecule has 0 aliphatic rings. The second-order valence-corrected chi connectivity index (χ2v) is 7.50. The molecule has 8 nitrogen and oxygen atoms in total. The predicted molar refractivity (Wildman–Crippen MR) is 109 cm³/mol. The minimum atomic E-state index is -3.82. The number of esters is 1. The van der Waals surface area contributed by atoms with Gasteiger partial charge in [-0.25, -0.2) is 18.4 Å². The van der Waals surface area contributed by atoms with Gasteiger partial charge in [-0.15, -0.1) is 0 Å². The van der Waals surface area contributed by atoms with Crippen molar-refractivity contribution in [3.05, 3.63) is 60.2 Å². The number of hydrogen-bond acceptors (Lipinski definition) is 6. The van der Waals surface area contributed by atoms with E-state index in [0.717, 1.165) is 0 Å². The normalized spacial score (nSPS) is 12.4. The number of nitrogens with two attached hydrogens (primary N) is 1. The number of anilines is 1. The summed E-state index contributed by atoms with van der Waals surface area (Å²) in [6.45, 7) is 3.77. The van der Waals surface area contributed by atoms with Crippen molar-refractivity contribution < 1.29 is 27.5 Å². The molecule has 0 bridgehead atoms. The smallest absolute Gasteiger partial charge is 0.331 e. The monoisotopic (exact) mass is 418 g/mol. The third kappa shape index (κ3) is 6.74. The number of ether oxygens (including phenoxy) is 2. The third-order valence-corrected chi connectivity index (χ3v) is 4.66. The summed E-state index contributed by atoms with van der Waals surface area (Å²) >= 11 is 0. The molecule has 1 amide bonds. The lowest BCUT2D eigenvalue weighted by molar-refractivity contribution is -0.148. The molecule has 0 aliphatic carbocycles. The summed E-state index contributed by atoms with van der Waals surface area (Å²) in [5.41, 5.74) is 1.05. The number of hydrogen-bond donors (Lipinski definition) is 2. The average molecular weight is 418 g/mol. The van der Waals surface area contributed by atoms with Gasteiger partial charge in [0.05, 0.1) is 11.5 Å². The van der Waals surface area contributed by atoms with Crippen LogP contribution in [0, 0.1) is 0 Å². The highest BCUT2D eigenvalue weighted by atomic mass is 32.2. The van der Waals surface area contributed by atoms with Crippen LogP contribution in [0.1, 0.15) is 19.4 Å². The van der Waals surface area contributed by atoms with E-state index in [0.29, 0.717) is 23.6 Å². The van der Waals surface area contributed by atoms with Crippen LogP contribution >= 0.6 is 0 Å². The van der Waals surface area contributed by atoms with Crippen LogP contribution in [-0.4, -0.2) is 33.0 Å². The lowest BCUT2D eigenvalue weighted by Crippen LogP contribution is -2.29. The van der Waals surface area contributed by atoms with Gasteiger partial charge in [0.1, 0.15) is 5.75 Å². The zero-order chi connectivity index (χ0) is 21.4. The molecule has 0 saturated heterocycles. The molecule has 1 atom stereocenters. The van der Waals surface area contributed by atoms with E-state index in [2.05, 4.69) is 5.32 Å².